The van der Waals surface area contributed by atoms with Gasteiger partial charge in [0, 0.05) is 21.4 Å². The molecule has 80 valence electrons. The van der Waals surface area contributed by atoms with Crippen molar-refractivity contribution in [2.24, 2.45) is 5.73 Å². The van der Waals surface area contributed by atoms with Crippen LogP contribution in [-0.2, 0) is 0 Å². The zero-order valence-corrected chi connectivity index (χ0v) is 11.5. The highest BCUT2D eigenvalue weighted by atomic mass is 79.9. The van der Waals surface area contributed by atoms with Crippen molar-refractivity contribution in [3.05, 3.63) is 32.7 Å². The van der Waals surface area contributed by atoms with Gasteiger partial charge in [0.2, 0.25) is 0 Å². The van der Waals surface area contributed by atoms with Crippen molar-refractivity contribution in [1.29, 1.82) is 0 Å². The number of benzene rings is 1. The molecule has 1 aromatic rings. The first-order valence-electron chi connectivity index (χ1n) is 4.78. The Morgan fingerprint density at radius 1 is 1.27 bits per heavy atom. The van der Waals surface area contributed by atoms with Crippen LogP contribution in [0.5, 0.6) is 0 Å². The van der Waals surface area contributed by atoms with Gasteiger partial charge in [-0.2, -0.15) is 0 Å². The van der Waals surface area contributed by atoms with Gasteiger partial charge < -0.3 is 5.73 Å². The van der Waals surface area contributed by atoms with Crippen LogP contribution in [0.15, 0.2) is 27.1 Å². The maximum Gasteiger partial charge on any atom is 0.0295 e. The third-order valence-corrected chi connectivity index (χ3v) is 3.06. The van der Waals surface area contributed by atoms with Gasteiger partial charge in [-0.1, -0.05) is 31.9 Å². The lowest BCUT2D eigenvalue weighted by molar-refractivity contribution is 0.620. The van der Waals surface area contributed by atoms with Crippen molar-refractivity contribution in [1.82, 2.24) is 0 Å². The molecule has 15 heavy (non-hydrogen) atoms. The summed E-state index contributed by atoms with van der Waals surface area (Å²) in [6, 6.07) is 6.15. The van der Waals surface area contributed by atoms with Gasteiger partial charge in [-0.25, -0.2) is 0 Å². The molecule has 1 nitrogen and oxygen atoms in total. The summed E-state index contributed by atoms with van der Waals surface area (Å²) in [5.41, 5.74) is 7.20. The fourth-order valence-electron chi connectivity index (χ4n) is 1.38. The molecular formula is C12H13Br2N. The van der Waals surface area contributed by atoms with E-state index >= 15 is 0 Å². The van der Waals surface area contributed by atoms with E-state index in [2.05, 4.69) is 37.8 Å². The Labute approximate surface area is 108 Å². The SMILES string of the molecule is C#CCCCC(N)c1cc(Br)cc(Br)c1. The van der Waals surface area contributed by atoms with Crippen molar-refractivity contribution in [2.75, 3.05) is 0 Å². The lowest BCUT2D eigenvalue weighted by atomic mass is 10.0. The Bertz CT molecular complexity index is 348. The van der Waals surface area contributed by atoms with Crippen LogP contribution >= 0.6 is 31.9 Å². The number of halogens is 2. The average Bonchev–Trinajstić information content (AvgIpc) is 2.16. The molecule has 0 amide bonds. The van der Waals surface area contributed by atoms with Gasteiger partial charge in [-0.3, -0.25) is 0 Å². The minimum absolute atomic E-state index is 0.0622. The first-order valence-corrected chi connectivity index (χ1v) is 6.37. The normalized spacial score (nSPS) is 12.1. The second-order valence-electron chi connectivity index (χ2n) is 3.41. The molecule has 1 unspecified atom stereocenters. The highest BCUT2D eigenvalue weighted by molar-refractivity contribution is 9.11. The molecule has 1 atom stereocenters. The largest absolute Gasteiger partial charge is 0.324 e. The number of rotatable bonds is 4. The van der Waals surface area contributed by atoms with E-state index in [9.17, 15) is 0 Å². The number of terminal acetylenes is 1. The van der Waals surface area contributed by atoms with Crippen LogP contribution in [0, 0.1) is 12.3 Å². The lowest BCUT2D eigenvalue weighted by Crippen LogP contribution is -2.10. The van der Waals surface area contributed by atoms with Crippen LogP contribution in [0.25, 0.3) is 0 Å². The van der Waals surface area contributed by atoms with E-state index in [1.54, 1.807) is 0 Å². The zero-order chi connectivity index (χ0) is 11.3. The Balaban J connectivity index is 2.65. The van der Waals surface area contributed by atoms with Crippen molar-refractivity contribution in [3.8, 4) is 12.3 Å². The van der Waals surface area contributed by atoms with Crippen molar-refractivity contribution in [2.45, 2.75) is 25.3 Å². The molecule has 1 aromatic carbocycles. The van der Waals surface area contributed by atoms with Crippen molar-refractivity contribution in [3.63, 3.8) is 0 Å². The number of hydrogen-bond acceptors (Lipinski definition) is 1. The quantitative estimate of drug-likeness (QED) is 0.655. The van der Waals surface area contributed by atoms with Crippen LogP contribution < -0.4 is 5.73 Å². The molecule has 0 spiro atoms. The van der Waals surface area contributed by atoms with Gasteiger partial charge in [-0.05, 0) is 36.6 Å². The third kappa shape index (κ3) is 4.38. The predicted octanol–water partition coefficient (Wildman–Crippen LogP) is 4.01. The van der Waals surface area contributed by atoms with Gasteiger partial charge in [0.1, 0.15) is 0 Å². The maximum atomic E-state index is 6.06. The molecule has 0 bridgehead atoms. The van der Waals surface area contributed by atoms with Gasteiger partial charge >= 0.3 is 0 Å². The number of unbranched alkanes of at least 4 members (excludes halogenated alkanes) is 1. The molecular weight excluding hydrogens is 318 g/mol. The fraction of sp³-hybridized carbons (Fsp3) is 0.333. The van der Waals surface area contributed by atoms with Crippen molar-refractivity contribution < 1.29 is 0 Å². The summed E-state index contributed by atoms with van der Waals surface area (Å²) < 4.78 is 2.08. The Kier molecular flexibility index (Phi) is 5.38. The summed E-state index contributed by atoms with van der Waals surface area (Å²) in [5, 5.41) is 0. The summed E-state index contributed by atoms with van der Waals surface area (Å²) in [6.07, 6.45) is 7.89. The Hall–Kier alpha value is -0.300. The summed E-state index contributed by atoms with van der Waals surface area (Å²) >= 11 is 6.89. The van der Waals surface area contributed by atoms with Crippen LogP contribution in [0.3, 0.4) is 0 Å². The molecule has 0 saturated carbocycles. The summed E-state index contributed by atoms with van der Waals surface area (Å²) in [6.45, 7) is 0. The standard InChI is InChI=1S/C12H13Br2N/c1-2-3-4-5-12(15)9-6-10(13)8-11(14)7-9/h1,6-8,12H,3-5,15H2. The first kappa shape index (κ1) is 12.8. The van der Waals surface area contributed by atoms with Gasteiger partial charge in [0.05, 0.1) is 0 Å². The van der Waals surface area contributed by atoms with E-state index in [0.717, 1.165) is 33.8 Å². The molecule has 0 radical (unpaired) electrons. The van der Waals surface area contributed by atoms with Crippen molar-refractivity contribution >= 4 is 31.9 Å². The van der Waals surface area contributed by atoms with Crippen LogP contribution in [0.2, 0.25) is 0 Å². The number of nitrogens with two attached hydrogens (primary N) is 1. The van der Waals surface area contributed by atoms with Crippen LogP contribution in [0.1, 0.15) is 30.9 Å². The summed E-state index contributed by atoms with van der Waals surface area (Å²) in [7, 11) is 0. The van der Waals surface area contributed by atoms with E-state index in [4.69, 9.17) is 12.2 Å². The van der Waals surface area contributed by atoms with E-state index in [1.807, 2.05) is 18.2 Å². The first-order chi connectivity index (χ1) is 7.13. The summed E-state index contributed by atoms with van der Waals surface area (Å²) in [4.78, 5) is 0. The van der Waals surface area contributed by atoms with Crippen LogP contribution in [0.4, 0.5) is 0 Å². The second kappa shape index (κ2) is 6.32. The Morgan fingerprint density at radius 2 is 1.87 bits per heavy atom. The van der Waals surface area contributed by atoms with Gasteiger partial charge in [0.25, 0.3) is 0 Å². The Morgan fingerprint density at radius 3 is 2.40 bits per heavy atom. The monoisotopic (exact) mass is 329 g/mol. The zero-order valence-electron chi connectivity index (χ0n) is 8.34. The molecule has 0 aliphatic carbocycles. The van der Waals surface area contributed by atoms with Gasteiger partial charge in [0.15, 0.2) is 0 Å². The van der Waals surface area contributed by atoms with Crippen LogP contribution in [-0.4, -0.2) is 0 Å². The molecule has 1 rings (SSSR count). The molecule has 3 heteroatoms. The van der Waals surface area contributed by atoms with Gasteiger partial charge in [-0.15, -0.1) is 12.3 Å². The molecule has 0 saturated heterocycles. The minimum Gasteiger partial charge on any atom is -0.324 e. The average molecular weight is 331 g/mol. The molecule has 0 aliphatic heterocycles. The highest BCUT2D eigenvalue weighted by Crippen LogP contribution is 2.25. The molecule has 0 aliphatic rings. The lowest BCUT2D eigenvalue weighted by Gasteiger charge is -2.12. The molecule has 0 aromatic heterocycles. The smallest absolute Gasteiger partial charge is 0.0295 e. The molecule has 0 heterocycles. The third-order valence-electron chi connectivity index (χ3n) is 2.15. The molecule has 2 N–H and O–H groups in total. The van der Waals surface area contributed by atoms with E-state index in [0.29, 0.717) is 0 Å². The minimum atomic E-state index is 0.0622. The molecule has 0 fully saturated rings. The second-order valence-corrected chi connectivity index (χ2v) is 5.24. The predicted molar refractivity (Wildman–Crippen MR) is 71.5 cm³/mol. The summed E-state index contributed by atoms with van der Waals surface area (Å²) in [5.74, 6) is 2.62. The maximum absolute atomic E-state index is 6.06. The number of hydrogen-bond donors (Lipinski definition) is 1. The van der Waals surface area contributed by atoms with E-state index < -0.39 is 0 Å². The van der Waals surface area contributed by atoms with E-state index in [-0.39, 0.29) is 6.04 Å². The highest BCUT2D eigenvalue weighted by Gasteiger charge is 2.07. The van der Waals surface area contributed by atoms with E-state index in [1.165, 1.54) is 0 Å². The fourth-order valence-corrected chi connectivity index (χ4v) is 2.71. The topological polar surface area (TPSA) is 26.0 Å².